The van der Waals surface area contributed by atoms with Gasteiger partial charge in [-0.3, -0.25) is 6.08 Å². The summed E-state index contributed by atoms with van der Waals surface area (Å²) in [5.74, 6) is 0. The Balaban J connectivity index is 0.000000289. The summed E-state index contributed by atoms with van der Waals surface area (Å²) in [7, 11) is 0. The number of fused-ring (bicyclic) bond motifs is 5. The van der Waals surface area contributed by atoms with E-state index in [1.165, 1.54) is 94.2 Å². The second-order valence-corrected chi connectivity index (χ2v) is 20.4. The number of halogens is 2. The van der Waals surface area contributed by atoms with E-state index in [1.54, 1.807) is 0 Å². The first kappa shape index (κ1) is 43.2. The molecule has 0 aliphatic heterocycles. The van der Waals surface area contributed by atoms with Crippen LogP contribution in [0.25, 0.3) is 22.3 Å². The van der Waals surface area contributed by atoms with Crippen LogP contribution in [0.1, 0.15) is 141 Å². The maximum Gasteiger partial charge on any atom is -1.00 e. The summed E-state index contributed by atoms with van der Waals surface area (Å²) in [4.78, 5) is 0. The largest absolute Gasteiger partial charge is 1.00 e. The van der Waals surface area contributed by atoms with Crippen molar-refractivity contribution in [3.63, 3.8) is 0 Å². The van der Waals surface area contributed by atoms with Gasteiger partial charge in [-0.25, -0.2) is 11.6 Å². The molecule has 0 aromatic heterocycles. The number of allylic oxidation sites excluding steroid dienone is 4. The molecule has 0 bridgehead atoms. The second-order valence-electron chi connectivity index (χ2n) is 18.6. The number of hydrogen-bond acceptors (Lipinski definition) is 0. The Labute approximate surface area is 338 Å². The van der Waals surface area contributed by atoms with Crippen molar-refractivity contribution in [1.82, 2.24) is 0 Å². The van der Waals surface area contributed by atoms with Crippen LogP contribution in [0.3, 0.4) is 0 Å². The molecule has 0 N–H and O–H groups in total. The normalized spacial score (nSPS) is 15.9. The Morgan fingerprint density at radius 2 is 1.24 bits per heavy atom. The third kappa shape index (κ3) is 9.14. The summed E-state index contributed by atoms with van der Waals surface area (Å²) in [5, 5.41) is 0. The SMILES string of the molecule is CC(C)(C)C1=[C-]C(C)(C)c2cc3c(cc21)-c1cc2c(cc1C3)C(C)(C)C=C2C(C)(C)C.CC(C)(C)c1cc[cH-]c1.C[C](=[Zr+2])c1ccccc1.[Cl-].[Cl-]. The van der Waals surface area contributed by atoms with Crippen LogP contribution in [0.15, 0.2) is 84.9 Å². The molecule has 270 valence electrons. The predicted molar refractivity (Wildman–Crippen MR) is 211 cm³/mol. The fourth-order valence-corrected chi connectivity index (χ4v) is 7.92. The molecule has 0 saturated carbocycles. The van der Waals surface area contributed by atoms with Crippen molar-refractivity contribution >= 4 is 14.4 Å². The predicted octanol–water partition coefficient (Wildman–Crippen LogP) is 6.99. The second kappa shape index (κ2) is 15.3. The van der Waals surface area contributed by atoms with E-state index in [-0.39, 0.29) is 46.5 Å². The standard InChI is InChI=1S/C31H37.C9H13.C8H8.2ClH.Zr/c1-28(2,3)26-16-30(7,8)24-12-18-11-19-13-25-23(15-21(19)20(18)14-22(24)26)27(29(4,5)6)17-31(25,9)10;1-9(2,3)8-6-4-5-7-8;1-2-8-6-4-3-5-7-8;;;/h12-16H,11H2,1-10H3;4-7H,1-3H3;3-7H,1H3;2*1H;/q2*-1;;;;+2/p-2. The molecule has 0 amide bonds. The summed E-state index contributed by atoms with van der Waals surface area (Å²) < 4.78 is 1.46. The third-order valence-corrected chi connectivity index (χ3v) is 11.0. The van der Waals surface area contributed by atoms with E-state index < -0.39 is 0 Å². The molecule has 0 fully saturated rings. The van der Waals surface area contributed by atoms with Crippen molar-refractivity contribution in [2.75, 3.05) is 0 Å². The van der Waals surface area contributed by atoms with E-state index in [0.717, 1.165) is 6.42 Å². The molecular formula is C48H58Cl2Zr-2. The third-order valence-electron chi connectivity index (χ3n) is 10.3. The van der Waals surface area contributed by atoms with Crippen molar-refractivity contribution in [1.29, 1.82) is 0 Å². The van der Waals surface area contributed by atoms with Gasteiger partial charge in [-0.05, 0) is 62.3 Å². The number of hydrogen-bond donors (Lipinski definition) is 0. The number of benzene rings is 3. The first-order chi connectivity index (χ1) is 22.5. The minimum atomic E-state index is -0.0202. The summed E-state index contributed by atoms with van der Waals surface area (Å²) in [6.45, 7) is 32.2. The van der Waals surface area contributed by atoms with Crippen LogP contribution in [0, 0.1) is 16.9 Å². The molecule has 0 spiro atoms. The van der Waals surface area contributed by atoms with Gasteiger partial charge in [-0.15, -0.1) is 11.6 Å². The molecule has 0 unspecified atom stereocenters. The molecule has 7 rings (SSSR count). The maximum absolute atomic E-state index is 3.85. The van der Waals surface area contributed by atoms with Crippen molar-refractivity contribution < 1.29 is 49.0 Å². The van der Waals surface area contributed by atoms with Gasteiger partial charge in [-0.1, -0.05) is 119 Å². The topological polar surface area (TPSA) is 0 Å². The summed E-state index contributed by atoms with van der Waals surface area (Å²) in [6.07, 6.45) is 7.41. The van der Waals surface area contributed by atoms with Gasteiger partial charge >= 0.3 is 70.3 Å². The van der Waals surface area contributed by atoms with Gasteiger partial charge in [0.15, 0.2) is 0 Å². The fourth-order valence-electron chi connectivity index (χ4n) is 7.51. The molecular weight excluding hydrogens is 739 g/mol. The van der Waals surface area contributed by atoms with Crippen molar-refractivity contribution in [3.05, 3.63) is 136 Å². The minimum Gasteiger partial charge on any atom is -1.00 e. The Hall–Kier alpha value is -2.18. The molecule has 51 heavy (non-hydrogen) atoms. The monoisotopic (exact) mass is 794 g/mol. The van der Waals surface area contributed by atoms with E-state index in [0.29, 0.717) is 5.41 Å². The molecule has 4 aromatic carbocycles. The van der Waals surface area contributed by atoms with Gasteiger partial charge in [-0.2, -0.15) is 29.3 Å². The Bertz CT molecular complexity index is 1830. The molecule has 4 aromatic rings. The van der Waals surface area contributed by atoms with Crippen LogP contribution >= 0.6 is 0 Å². The summed E-state index contributed by atoms with van der Waals surface area (Å²) >= 11 is 1.51. The van der Waals surface area contributed by atoms with E-state index >= 15 is 0 Å². The van der Waals surface area contributed by atoms with Crippen molar-refractivity contribution in [2.45, 2.75) is 120 Å². The van der Waals surface area contributed by atoms with E-state index in [1.807, 2.05) is 6.07 Å². The Morgan fingerprint density at radius 1 is 0.686 bits per heavy atom. The average molecular weight is 797 g/mol. The maximum atomic E-state index is 3.85. The quantitative estimate of drug-likeness (QED) is 0.161. The molecule has 3 aliphatic rings. The van der Waals surface area contributed by atoms with E-state index in [2.05, 4.69) is 182 Å². The van der Waals surface area contributed by atoms with Crippen LogP contribution < -0.4 is 24.8 Å². The zero-order chi connectivity index (χ0) is 36.3. The van der Waals surface area contributed by atoms with Crippen molar-refractivity contribution in [2.24, 2.45) is 10.8 Å². The van der Waals surface area contributed by atoms with Crippen LogP contribution in [-0.2, 0) is 46.9 Å². The van der Waals surface area contributed by atoms with Crippen LogP contribution in [0.4, 0.5) is 0 Å². The Morgan fingerprint density at radius 3 is 1.67 bits per heavy atom. The summed E-state index contributed by atoms with van der Waals surface area (Å²) in [5.41, 5.74) is 18.0. The van der Waals surface area contributed by atoms with Crippen LogP contribution in [-0.4, -0.2) is 3.21 Å². The molecule has 0 radical (unpaired) electrons. The molecule has 0 nitrogen and oxygen atoms in total. The van der Waals surface area contributed by atoms with Gasteiger partial charge in [0.25, 0.3) is 0 Å². The van der Waals surface area contributed by atoms with Gasteiger partial charge in [0.1, 0.15) is 0 Å². The molecule has 3 aliphatic carbocycles. The molecule has 0 heterocycles. The zero-order valence-corrected chi connectivity index (χ0v) is 37.5. The Kier molecular flexibility index (Phi) is 13.0. The van der Waals surface area contributed by atoms with E-state index in [4.69, 9.17) is 0 Å². The van der Waals surface area contributed by atoms with Crippen LogP contribution in [0.5, 0.6) is 0 Å². The van der Waals surface area contributed by atoms with E-state index in [9.17, 15) is 0 Å². The first-order valence-corrected chi connectivity index (χ1v) is 19.3. The van der Waals surface area contributed by atoms with Crippen molar-refractivity contribution in [3.8, 4) is 11.1 Å². The first-order valence-electron chi connectivity index (χ1n) is 18.1. The van der Waals surface area contributed by atoms with Gasteiger partial charge < -0.3 is 24.8 Å². The molecule has 0 atom stereocenters. The van der Waals surface area contributed by atoms with Gasteiger partial charge in [0, 0.05) is 5.41 Å². The zero-order valence-electron chi connectivity index (χ0n) is 33.5. The van der Waals surface area contributed by atoms with Gasteiger partial charge in [0.2, 0.25) is 0 Å². The molecule has 0 saturated heterocycles. The smallest absolute Gasteiger partial charge is 1.00 e. The summed E-state index contributed by atoms with van der Waals surface area (Å²) in [6, 6.07) is 29.0. The van der Waals surface area contributed by atoms with Gasteiger partial charge in [0.05, 0.1) is 0 Å². The fraction of sp³-hybridized carbons (Fsp3) is 0.417. The molecule has 3 heteroatoms. The average Bonchev–Trinajstić information content (AvgIpc) is 3.76. The minimum absolute atomic E-state index is 0. The number of rotatable bonds is 1. The van der Waals surface area contributed by atoms with Crippen LogP contribution in [0.2, 0.25) is 0 Å².